The van der Waals surface area contributed by atoms with E-state index in [0.29, 0.717) is 0 Å². The SMILES string of the molecule is CC(=O)SCCSC1CSC1.SCCSC1CSC1. The molecular formula is C12H22OS6. The summed E-state index contributed by atoms with van der Waals surface area (Å²) in [5.74, 6) is 9.76. The summed E-state index contributed by atoms with van der Waals surface area (Å²) < 4.78 is 0. The van der Waals surface area contributed by atoms with Crippen LogP contribution in [-0.4, -0.2) is 61.6 Å². The van der Waals surface area contributed by atoms with Crippen molar-refractivity contribution in [2.24, 2.45) is 0 Å². The van der Waals surface area contributed by atoms with E-state index in [1.165, 1.54) is 40.5 Å². The average Bonchev–Trinajstić information content (AvgIpc) is 2.25. The van der Waals surface area contributed by atoms with Crippen LogP contribution in [-0.2, 0) is 4.79 Å². The van der Waals surface area contributed by atoms with Gasteiger partial charge in [-0.3, -0.25) is 4.79 Å². The third kappa shape index (κ3) is 10.2. The Morgan fingerprint density at radius 3 is 1.95 bits per heavy atom. The Morgan fingerprint density at radius 1 is 1.05 bits per heavy atom. The predicted octanol–water partition coefficient (Wildman–Crippen LogP) is 3.88. The molecule has 19 heavy (non-hydrogen) atoms. The predicted molar refractivity (Wildman–Crippen MR) is 104 cm³/mol. The van der Waals surface area contributed by atoms with E-state index in [4.69, 9.17) is 0 Å². The van der Waals surface area contributed by atoms with Gasteiger partial charge in [-0.2, -0.15) is 59.7 Å². The Bertz CT molecular complexity index is 242. The molecule has 2 fully saturated rings. The maximum atomic E-state index is 10.5. The van der Waals surface area contributed by atoms with Crippen molar-refractivity contribution in [3.05, 3.63) is 0 Å². The van der Waals surface area contributed by atoms with Gasteiger partial charge in [-0.05, 0) is 5.75 Å². The lowest BCUT2D eigenvalue weighted by Gasteiger charge is -2.23. The van der Waals surface area contributed by atoms with E-state index < -0.39 is 0 Å². The molecule has 0 aromatic rings. The van der Waals surface area contributed by atoms with Gasteiger partial charge in [-0.25, -0.2) is 0 Å². The Labute approximate surface area is 144 Å². The van der Waals surface area contributed by atoms with Crippen LogP contribution in [0.2, 0.25) is 0 Å². The van der Waals surface area contributed by atoms with E-state index in [0.717, 1.165) is 27.8 Å². The second kappa shape index (κ2) is 12.3. The second-order valence-corrected chi connectivity index (χ2v) is 10.8. The fourth-order valence-electron chi connectivity index (χ4n) is 1.24. The third-order valence-corrected chi connectivity index (χ3v) is 9.89. The molecule has 112 valence electrons. The van der Waals surface area contributed by atoms with E-state index in [9.17, 15) is 4.79 Å². The summed E-state index contributed by atoms with van der Waals surface area (Å²) in [6.07, 6.45) is 0. The van der Waals surface area contributed by atoms with E-state index >= 15 is 0 Å². The summed E-state index contributed by atoms with van der Waals surface area (Å²) in [4.78, 5) is 10.5. The number of thioether (sulfide) groups is 5. The molecule has 2 saturated heterocycles. The average molecular weight is 375 g/mol. The lowest BCUT2D eigenvalue weighted by molar-refractivity contribution is -0.109. The molecule has 0 spiro atoms. The highest BCUT2D eigenvalue weighted by molar-refractivity contribution is 8.14. The van der Waals surface area contributed by atoms with Gasteiger partial charge in [0.05, 0.1) is 0 Å². The Morgan fingerprint density at radius 2 is 1.58 bits per heavy atom. The molecule has 0 aromatic carbocycles. The van der Waals surface area contributed by atoms with E-state index in [-0.39, 0.29) is 5.12 Å². The summed E-state index contributed by atoms with van der Waals surface area (Å²) in [7, 11) is 0. The molecule has 2 aliphatic heterocycles. The molecule has 1 nitrogen and oxygen atoms in total. The molecule has 2 heterocycles. The van der Waals surface area contributed by atoms with Crippen LogP contribution >= 0.6 is 71.4 Å². The van der Waals surface area contributed by atoms with Gasteiger partial charge in [-0.1, -0.05) is 11.8 Å². The highest BCUT2D eigenvalue weighted by Gasteiger charge is 2.18. The molecule has 0 N–H and O–H groups in total. The van der Waals surface area contributed by atoms with Crippen molar-refractivity contribution in [3.63, 3.8) is 0 Å². The van der Waals surface area contributed by atoms with Gasteiger partial charge < -0.3 is 0 Å². The normalized spacial score (nSPS) is 19.1. The summed E-state index contributed by atoms with van der Waals surface area (Å²) in [6.45, 7) is 1.63. The van der Waals surface area contributed by atoms with Crippen LogP contribution < -0.4 is 0 Å². The quantitative estimate of drug-likeness (QED) is 0.534. The van der Waals surface area contributed by atoms with Gasteiger partial charge in [0, 0.05) is 57.7 Å². The molecule has 7 heteroatoms. The van der Waals surface area contributed by atoms with Gasteiger partial charge in [0.2, 0.25) is 0 Å². The number of thiol groups is 1. The topological polar surface area (TPSA) is 17.1 Å². The van der Waals surface area contributed by atoms with E-state index in [1.54, 1.807) is 6.92 Å². The minimum absolute atomic E-state index is 0.244. The zero-order chi connectivity index (χ0) is 13.9. The van der Waals surface area contributed by atoms with Gasteiger partial charge in [0.15, 0.2) is 5.12 Å². The van der Waals surface area contributed by atoms with Crippen LogP contribution in [0.5, 0.6) is 0 Å². The molecule has 0 unspecified atom stereocenters. The molecule has 0 radical (unpaired) electrons. The van der Waals surface area contributed by atoms with Crippen LogP contribution in [0.4, 0.5) is 0 Å². The Balaban J connectivity index is 0.000000200. The number of carbonyl (C=O) groups excluding carboxylic acids is 1. The maximum Gasteiger partial charge on any atom is 0.185 e. The standard InChI is InChI=1S/C7H12OS3.C5H10S3/c1-6(8)10-2-3-11-7-4-9-5-7;6-1-2-8-5-3-7-4-5/h7H,2-5H2,1H3;5-6H,1-4H2. The number of hydrogen-bond acceptors (Lipinski definition) is 7. The highest BCUT2D eigenvalue weighted by Crippen LogP contribution is 2.29. The Kier molecular flexibility index (Phi) is 12.2. The number of hydrogen-bond donors (Lipinski definition) is 1. The summed E-state index contributed by atoms with van der Waals surface area (Å²) in [5, 5.41) is 2.09. The van der Waals surface area contributed by atoms with Crippen molar-refractivity contribution in [2.75, 3.05) is 46.0 Å². The third-order valence-electron chi connectivity index (χ3n) is 2.40. The first-order chi connectivity index (χ1) is 9.22. The first-order valence-electron chi connectivity index (χ1n) is 6.35. The van der Waals surface area contributed by atoms with Gasteiger partial charge in [0.25, 0.3) is 0 Å². The van der Waals surface area contributed by atoms with Crippen LogP contribution in [0.1, 0.15) is 6.92 Å². The fraction of sp³-hybridized carbons (Fsp3) is 0.917. The second-order valence-electron chi connectivity index (χ2n) is 4.12. The zero-order valence-corrected chi connectivity index (χ0v) is 16.2. The van der Waals surface area contributed by atoms with Crippen molar-refractivity contribution in [1.82, 2.24) is 0 Å². The first-order valence-corrected chi connectivity index (χ1v) is 12.4. The van der Waals surface area contributed by atoms with Crippen LogP contribution in [0.3, 0.4) is 0 Å². The minimum Gasteiger partial charge on any atom is -0.288 e. The smallest absolute Gasteiger partial charge is 0.185 e. The highest BCUT2D eigenvalue weighted by atomic mass is 32.2. The van der Waals surface area contributed by atoms with Crippen LogP contribution in [0, 0.1) is 0 Å². The molecule has 0 aliphatic carbocycles. The number of carbonyl (C=O) groups is 1. The van der Waals surface area contributed by atoms with Crippen LogP contribution in [0.25, 0.3) is 0 Å². The van der Waals surface area contributed by atoms with Crippen LogP contribution in [0.15, 0.2) is 0 Å². The summed E-state index contributed by atoms with van der Waals surface area (Å²) in [6, 6.07) is 0. The fourth-order valence-corrected chi connectivity index (χ4v) is 6.88. The number of rotatable bonds is 7. The molecule has 2 aliphatic rings. The van der Waals surface area contributed by atoms with Gasteiger partial charge in [-0.15, -0.1) is 0 Å². The van der Waals surface area contributed by atoms with Gasteiger partial charge in [0.1, 0.15) is 0 Å². The van der Waals surface area contributed by atoms with E-state index in [1.807, 2.05) is 35.3 Å². The minimum atomic E-state index is 0.244. The maximum absolute atomic E-state index is 10.5. The summed E-state index contributed by atoms with van der Waals surface area (Å²) in [5.41, 5.74) is 0. The van der Waals surface area contributed by atoms with E-state index in [2.05, 4.69) is 24.4 Å². The lowest BCUT2D eigenvalue weighted by Crippen LogP contribution is -2.21. The molecular weight excluding hydrogens is 353 g/mol. The zero-order valence-electron chi connectivity index (χ0n) is 11.2. The van der Waals surface area contributed by atoms with Crippen molar-refractivity contribution in [1.29, 1.82) is 0 Å². The van der Waals surface area contributed by atoms with Crippen molar-refractivity contribution in [3.8, 4) is 0 Å². The molecule has 0 aromatic heterocycles. The first kappa shape index (κ1) is 18.8. The monoisotopic (exact) mass is 374 g/mol. The molecule has 0 bridgehead atoms. The van der Waals surface area contributed by atoms with Gasteiger partial charge >= 0.3 is 0 Å². The van der Waals surface area contributed by atoms with Crippen molar-refractivity contribution in [2.45, 2.75) is 17.4 Å². The summed E-state index contributed by atoms with van der Waals surface area (Å²) >= 11 is 13.7. The van der Waals surface area contributed by atoms with Crippen molar-refractivity contribution < 1.29 is 4.79 Å². The largest absolute Gasteiger partial charge is 0.288 e. The lowest BCUT2D eigenvalue weighted by atomic mass is 10.5. The molecule has 2 rings (SSSR count). The van der Waals surface area contributed by atoms with Crippen molar-refractivity contribution >= 4 is 76.6 Å². The molecule has 0 saturated carbocycles. The molecule has 0 amide bonds. The molecule has 0 atom stereocenters. The Hall–Kier alpha value is 1.77.